The molecule has 0 saturated heterocycles. The van der Waals surface area contributed by atoms with Gasteiger partial charge in [0, 0.05) is 12.2 Å². The number of aromatic nitrogens is 2. The summed E-state index contributed by atoms with van der Waals surface area (Å²) in [5.41, 5.74) is 0.548. The van der Waals surface area contributed by atoms with Crippen LogP contribution >= 0.6 is 23.2 Å². The Hall–Kier alpha value is -2.05. The molecular weight excluding hydrogens is 375 g/mol. The molecule has 0 fully saturated rings. The summed E-state index contributed by atoms with van der Waals surface area (Å²) in [6, 6.07) is 4.88. The second-order valence-electron chi connectivity index (χ2n) is 5.95. The van der Waals surface area contributed by atoms with E-state index >= 15 is 0 Å². The van der Waals surface area contributed by atoms with Crippen molar-refractivity contribution in [1.29, 1.82) is 0 Å². The average Bonchev–Trinajstić information content (AvgIpc) is 3.03. The van der Waals surface area contributed by atoms with Crippen LogP contribution in [0.15, 0.2) is 24.4 Å². The lowest BCUT2D eigenvalue weighted by molar-refractivity contribution is 0.0928. The van der Waals surface area contributed by atoms with E-state index in [1.165, 1.54) is 6.20 Å². The number of carbonyl (C=O) groups is 2. The molecule has 0 saturated carbocycles. The standard InChI is InChI=1S/C18H22Cl2N4O2/c1-3-6-11(7-4-2)22-18(26)16-14(10-21-24-16)23-17(25)15-12(19)8-5-9-13(15)20/h5,8-11H,3-4,6-7H2,1-2H3,(H,21,24)(H,22,26)(H,23,25). The van der Waals surface area contributed by atoms with Gasteiger partial charge in [-0.2, -0.15) is 5.10 Å². The molecule has 6 nitrogen and oxygen atoms in total. The Morgan fingerprint density at radius 2 is 1.73 bits per heavy atom. The molecule has 8 heteroatoms. The van der Waals surface area contributed by atoms with Crippen molar-refractivity contribution >= 4 is 40.7 Å². The summed E-state index contributed by atoms with van der Waals surface area (Å²) in [6.45, 7) is 4.14. The average molecular weight is 397 g/mol. The van der Waals surface area contributed by atoms with Crippen LogP contribution < -0.4 is 10.6 Å². The summed E-state index contributed by atoms with van der Waals surface area (Å²) in [6.07, 6.45) is 5.17. The van der Waals surface area contributed by atoms with E-state index in [2.05, 4.69) is 34.7 Å². The lowest BCUT2D eigenvalue weighted by atomic mass is 10.1. The molecule has 1 aromatic carbocycles. The summed E-state index contributed by atoms with van der Waals surface area (Å²) < 4.78 is 0. The molecule has 0 aliphatic carbocycles. The first-order valence-corrected chi connectivity index (χ1v) is 9.33. The van der Waals surface area contributed by atoms with Gasteiger partial charge < -0.3 is 10.6 Å². The Bertz CT molecular complexity index is 750. The zero-order valence-corrected chi connectivity index (χ0v) is 16.2. The van der Waals surface area contributed by atoms with Crippen LogP contribution in [0.1, 0.15) is 60.4 Å². The second kappa shape index (κ2) is 9.59. The molecule has 2 amide bonds. The molecule has 2 aromatic rings. The minimum absolute atomic E-state index is 0.0794. The van der Waals surface area contributed by atoms with Crippen molar-refractivity contribution in [1.82, 2.24) is 15.5 Å². The van der Waals surface area contributed by atoms with E-state index in [9.17, 15) is 9.59 Å². The van der Waals surface area contributed by atoms with Crippen molar-refractivity contribution < 1.29 is 9.59 Å². The zero-order chi connectivity index (χ0) is 19.1. The van der Waals surface area contributed by atoms with Gasteiger partial charge in [0.05, 0.1) is 21.3 Å². The number of H-pyrrole nitrogens is 1. The van der Waals surface area contributed by atoms with E-state index in [-0.39, 0.29) is 38.9 Å². The SMILES string of the molecule is CCCC(CCC)NC(=O)c1n[nH]cc1NC(=O)c1c(Cl)cccc1Cl. The van der Waals surface area contributed by atoms with E-state index in [0.717, 1.165) is 25.7 Å². The Kier molecular flexibility index (Phi) is 7.48. The summed E-state index contributed by atoms with van der Waals surface area (Å²) in [5.74, 6) is -0.839. The number of nitrogens with zero attached hydrogens (tertiary/aromatic N) is 1. The molecule has 0 atom stereocenters. The van der Waals surface area contributed by atoms with Crippen molar-refractivity contribution in [2.75, 3.05) is 5.32 Å². The van der Waals surface area contributed by atoms with Gasteiger partial charge in [-0.15, -0.1) is 0 Å². The molecule has 0 spiro atoms. The first kappa shape index (κ1) is 20.3. The first-order chi connectivity index (χ1) is 12.5. The molecule has 3 N–H and O–H groups in total. The first-order valence-electron chi connectivity index (χ1n) is 8.57. The van der Waals surface area contributed by atoms with Gasteiger partial charge in [0.2, 0.25) is 0 Å². The Morgan fingerprint density at radius 3 is 2.31 bits per heavy atom. The molecule has 26 heavy (non-hydrogen) atoms. The van der Waals surface area contributed by atoms with E-state index in [1.54, 1.807) is 18.2 Å². The van der Waals surface area contributed by atoms with E-state index in [4.69, 9.17) is 23.2 Å². The molecule has 0 aliphatic rings. The van der Waals surface area contributed by atoms with Crippen molar-refractivity contribution in [2.24, 2.45) is 0 Å². The Labute approximate surface area is 162 Å². The minimum atomic E-state index is -0.505. The van der Waals surface area contributed by atoms with Crippen molar-refractivity contribution in [3.63, 3.8) is 0 Å². The number of aromatic amines is 1. The van der Waals surface area contributed by atoms with Gasteiger partial charge in [-0.05, 0) is 25.0 Å². The van der Waals surface area contributed by atoms with E-state index < -0.39 is 5.91 Å². The van der Waals surface area contributed by atoms with Gasteiger partial charge in [-0.3, -0.25) is 14.7 Å². The topological polar surface area (TPSA) is 86.9 Å². The zero-order valence-electron chi connectivity index (χ0n) is 14.7. The molecule has 0 radical (unpaired) electrons. The van der Waals surface area contributed by atoms with Crippen molar-refractivity contribution in [2.45, 2.75) is 45.6 Å². The highest BCUT2D eigenvalue weighted by Crippen LogP contribution is 2.25. The number of nitrogens with one attached hydrogen (secondary N) is 3. The Morgan fingerprint density at radius 1 is 1.12 bits per heavy atom. The number of rotatable bonds is 8. The lowest BCUT2D eigenvalue weighted by Gasteiger charge is -2.17. The Balaban J connectivity index is 2.15. The highest BCUT2D eigenvalue weighted by molar-refractivity contribution is 6.40. The van der Waals surface area contributed by atoms with Gasteiger partial charge in [0.25, 0.3) is 11.8 Å². The summed E-state index contributed by atoms with van der Waals surface area (Å²) in [5, 5.41) is 12.7. The molecule has 1 aromatic heterocycles. The van der Waals surface area contributed by atoms with Crippen LogP contribution in [0, 0.1) is 0 Å². The molecule has 0 aliphatic heterocycles. The monoisotopic (exact) mass is 396 g/mol. The largest absolute Gasteiger partial charge is 0.348 e. The summed E-state index contributed by atoms with van der Waals surface area (Å²) >= 11 is 12.1. The van der Waals surface area contributed by atoms with Crippen LogP contribution in [0.25, 0.3) is 0 Å². The fraction of sp³-hybridized carbons (Fsp3) is 0.389. The number of hydrogen-bond donors (Lipinski definition) is 3. The maximum Gasteiger partial charge on any atom is 0.274 e. The molecule has 1 heterocycles. The maximum atomic E-state index is 12.5. The number of halogens is 2. The fourth-order valence-corrected chi connectivity index (χ4v) is 3.27. The lowest BCUT2D eigenvalue weighted by Crippen LogP contribution is -2.35. The van der Waals surface area contributed by atoms with Crippen LogP contribution in [0.3, 0.4) is 0 Å². The molecule has 0 bridgehead atoms. The predicted molar refractivity (Wildman–Crippen MR) is 104 cm³/mol. The molecule has 2 rings (SSSR count). The quantitative estimate of drug-likeness (QED) is 0.605. The van der Waals surface area contributed by atoms with Crippen LogP contribution in [-0.4, -0.2) is 28.1 Å². The summed E-state index contributed by atoms with van der Waals surface area (Å²) in [7, 11) is 0. The fourth-order valence-electron chi connectivity index (χ4n) is 2.70. The molecular formula is C18H22Cl2N4O2. The van der Waals surface area contributed by atoms with Gasteiger partial charge >= 0.3 is 0 Å². The maximum absolute atomic E-state index is 12.5. The van der Waals surface area contributed by atoms with Crippen molar-refractivity contribution in [3.05, 3.63) is 45.7 Å². The molecule has 140 valence electrons. The number of amides is 2. The van der Waals surface area contributed by atoms with Crippen LogP contribution in [0.2, 0.25) is 10.0 Å². The van der Waals surface area contributed by atoms with Crippen LogP contribution in [0.5, 0.6) is 0 Å². The van der Waals surface area contributed by atoms with E-state index in [1.807, 2.05) is 0 Å². The highest BCUT2D eigenvalue weighted by Gasteiger charge is 2.21. The second-order valence-corrected chi connectivity index (χ2v) is 6.76. The smallest absolute Gasteiger partial charge is 0.274 e. The van der Waals surface area contributed by atoms with Crippen molar-refractivity contribution in [3.8, 4) is 0 Å². The third kappa shape index (κ3) is 4.99. The normalized spacial score (nSPS) is 10.8. The van der Waals surface area contributed by atoms with Gasteiger partial charge in [-0.25, -0.2) is 0 Å². The number of hydrogen-bond acceptors (Lipinski definition) is 3. The molecule has 0 unspecified atom stereocenters. The highest BCUT2D eigenvalue weighted by atomic mass is 35.5. The number of carbonyl (C=O) groups excluding carboxylic acids is 2. The van der Waals surface area contributed by atoms with Crippen LogP contribution in [0.4, 0.5) is 5.69 Å². The third-order valence-electron chi connectivity index (χ3n) is 3.90. The van der Waals surface area contributed by atoms with E-state index in [0.29, 0.717) is 0 Å². The van der Waals surface area contributed by atoms with Gasteiger partial charge in [0.1, 0.15) is 0 Å². The minimum Gasteiger partial charge on any atom is -0.348 e. The number of benzene rings is 1. The summed E-state index contributed by atoms with van der Waals surface area (Å²) in [4.78, 5) is 25.0. The van der Waals surface area contributed by atoms with Gasteiger partial charge in [-0.1, -0.05) is 56.0 Å². The third-order valence-corrected chi connectivity index (χ3v) is 4.53. The van der Waals surface area contributed by atoms with Crippen LogP contribution in [-0.2, 0) is 0 Å². The predicted octanol–water partition coefficient (Wildman–Crippen LogP) is 4.67. The van der Waals surface area contributed by atoms with Gasteiger partial charge in [0.15, 0.2) is 5.69 Å². The number of anilines is 1.